The summed E-state index contributed by atoms with van der Waals surface area (Å²) in [6, 6.07) is 40.6. The van der Waals surface area contributed by atoms with Gasteiger partial charge in [0.1, 0.15) is 0 Å². The van der Waals surface area contributed by atoms with Gasteiger partial charge in [0.25, 0.3) is 0 Å². The van der Waals surface area contributed by atoms with Gasteiger partial charge < -0.3 is 0 Å². The van der Waals surface area contributed by atoms with Gasteiger partial charge in [0.05, 0.1) is 22.8 Å². The van der Waals surface area contributed by atoms with Crippen molar-refractivity contribution < 1.29 is 21.1 Å². The summed E-state index contributed by atoms with van der Waals surface area (Å²) < 4.78 is 0. The van der Waals surface area contributed by atoms with Crippen LogP contribution < -0.4 is 0 Å². The molecule has 0 radical (unpaired) electrons. The van der Waals surface area contributed by atoms with Gasteiger partial charge in [-0.05, 0) is 0 Å². The first-order valence-electron chi connectivity index (χ1n) is 13.6. The Bertz CT molecular complexity index is 1690. The third kappa shape index (κ3) is 4.51. The van der Waals surface area contributed by atoms with Gasteiger partial charge in [-0.25, -0.2) is 31.1 Å². The SMILES string of the molecule is CC1(C)C2=N/C(=C3/N=C(c4ccccc4)C(=N3)C(C)(C)c3[c-]c(ccc3)-c3[c-]c1ccc3)N=C2c1ccccc1.[Pt+2]. The normalized spacial score (nSPS) is 19.7. The molecule has 41 heavy (non-hydrogen) atoms. The molecule has 3 heterocycles. The van der Waals surface area contributed by atoms with Gasteiger partial charge in [-0.2, -0.15) is 36.4 Å². The Kier molecular flexibility index (Phi) is 6.71. The molecule has 8 bridgehead atoms. The maximum Gasteiger partial charge on any atom is 2.00 e. The molecule has 0 N–H and O–H groups in total. The maximum atomic E-state index is 5.17. The summed E-state index contributed by atoms with van der Waals surface area (Å²) in [6.07, 6.45) is 0. The van der Waals surface area contributed by atoms with Gasteiger partial charge in [0.2, 0.25) is 0 Å². The second-order valence-corrected chi connectivity index (χ2v) is 11.4. The second-order valence-electron chi connectivity index (χ2n) is 11.4. The zero-order valence-corrected chi connectivity index (χ0v) is 25.6. The summed E-state index contributed by atoms with van der Waals surface area (Å²) in [4.78, 5) is 20.6. The molecule has 4 nitrogen and oxygen atoms in total. The Labute approximate surface area is 255 Å². The molecule has 0 atom stereocenters. The number of hydrogen-bond acceptors (Lipinski definition) is 4. The van der Waals surface area contributed by atoms with Crippen LogP contribution in [0.5, 0.6) is 0 Å². The van der Waals surface area contributed by atoms with E-state index in [1.807, 2.05) is 36.4 Å². The van der Waals surface area contributed by atoms with Crippen LogP contribution >= 0.6 is 0 Å². The summed E-state index contributed by atoms with van der Waals surface area (Å²) in [5.41, 5.74) is 8.58. The number of aliphatic imine (C=N–C) groups is 4. The largest absolute Gasteiger partial charge is 2.00 e. The Morgan fingerprint density at radius 3 is 1.24 bits per heavy atom. The van der Waals surface area contributed by atoms with Crippen LogP contribution in [0.1, 0.15) is 49.9 Å². The van der Waals surface area contributed by atoms with E-state index in [0.29, 0.717) is 11.6 Å². The first-order chi connectivity index (χ1) is 19.3. The molecule has 0 amide bonds. The van der Waals surface area contributed by atoms with Crippen LogP contribution in [0.15, 0.2) is 129 Å². The van der Waals surface area contributed by atoms with E-state index in [4.69, 9.17) is 20.0 Å². The van der Waals surface area contributed by atoms with Crippen molar-refractivity contribution in [3.05, 3.63) is 143 Å². The summed E-state index contributed by atoms with van der Waals surface area (Å²) in [7, 11) is 0. The monoisotopic (exact) mass is 711 g/mol. The van der Waals surface area contributed by atoms with E-state index >= 15 is 0 Å². The zero-order chi connectivity index (χ0) is 27.5. The van der Waals surface area contributed by atoms with Crippen molar-refractivity contribution >= 4 is 22.8 Å². The number of benzene rings is 4. The van der Waals surface area contributed by atoms with Crippen molar-refractivity contribution in [2.75, 3.05) is 0 Å². The van der Waals surface area contributed by atoms with Crippen LogP contribution in [0.3, 0.4) is 0 Å². The quantitative estimate of drug-likeness (QED) is 0.193. The van der Waals surface area contributed by atoms with Crippen LogP contribution in [-0.2, 0) is 31.9 Å². The Hall–Kier alpha value is -4.01. The average Bonchev–Trinajstić information content (AvgIpc) is 3.64. The van der Waals surface area contributed by atoms with E-state index in [9.17, 15) is 0 Å². The molecular formula is C36H28N4Pt. The third-order valence-electron chi connectivity index (χ3n) is 8.02. The van der Waals surface area contributed by atoms with E-state index < -0.39 is 10.8 Å². The molecule has 0 saturated heterocycles. The second kappa shape index (κ2) is 10.1. The molecule has 5 heteroatoms. The van der Waals surface area contributed by atoms with Crippen LogP contribution in [0.25, 0.3) is 11.1 Å². The number of nitrogens with zero attached hydrogens (tertiary/aromatic N) is 4. The molecule has 0 aromatic heterocycles. The minimum absolute atomic E-state index is 0. The van der Waals surface area contributed by atoms with Crippen molar-refractivity contribution in [1.82, 2.24) is 0 Å². The van der Waals surface area contributed by atoms with E-state index in [1.54, 1.807) is 0 Å². The molecule has 202 valence electrons. The number of fused-ring (bicyclic) bond motifs is 7. The van der Waals surface area contributed by atoms with Crippen LogP contribution in [0, 0.1) is 12.1 Å². The van der Waals surface area contributed by atoms with Gasteiger partial charge in [0, 0.05) is 22.0 Å². The molecule has 3 aliphatic heterocycles. The molecule has 7 rings (SSSR count). The fourth-order valence-electron chi connectivity index (χ4n) is 5.59. The summed E-state index contributed by atoms with van der Waals surface area (Å²) in [6.45, 7) is 8.74. The van der Waals surface area contributed by atoms with Crippen molar-refractivity contribution in [2.24, 2.45) is 20.0 Å². The molecule has 3 aliphatic rings. The molecule has 4 aromatic rings. The Morgan fingerprint density at radius 2 is 0.854 bits per heavy atom. The van der Waals surface area contributed by atoms with Crippen molar-refractivity contribution in [3.63, 3.8) is 0 Å². The minimum Gasteiger partial charge on any atom is -0.227 e. The van der Waals surface area contributed by atoms with E-state index in [-0.39, 0.29) is 21.1 Å². The van der Waals surface area contributed by atoms with Gasteiger partial charge >= 0.3 is 21.1 Å². The van der Waals surface area contributed by atoms with Gasteiger partial charge in [0.15, 0.2) is 11.6 Å². The third-order valence-corrected chi connectivity index (χ3v) is 8.02. The van der Waals surface area contributed by atoms with Gasteiger partial charge in [-0.15, -0.1) is 23.3 Å². The summed E-state index contributed by atoms with van der Waals surface area (Å²) in [5.74, 6) is 1.07. The standard InChI is InChI=1S/C36H28N4.Pt/c1-35(2)27-19-11-17-25(21-27)26-18-12-20-28(22-26)36(3,4)32-30(24-15-9-6-10-16-24)38-34(40-32)33-37-29(31(35)39-33)23-13-7-5-8-14-23;/h5-20H,1-4H3;/q-2;+2/b34-33-;. The Balaban J connectivity index is 0.00000302. The molecular weight excluding hydrogens is 684 g/mol. The Morgan fingerprint density at radius 1 is 0.463 bits per heavy atom. The van der Waals surface area contributed by atoms with E-state index in [0.717, 1.165) is 56.2 Å². The molecule has 0 spiro atoms. The zero-order valence-electron chi connectivity index (χ0n) is 23.3. The predicted octanol–water partition coefficient (Wildman–Crippen LogP) is 7.53. The topological polar surface area (TPSA) is 49.4 Å². The minimum atomic E-state index is -0.481. The van der Waals surface area contributed by atoms with E-state index in [2.05, 4.69) is 100 Å². The first kappa shape index (κ1) is 27.2. The number of rotatable bonds is 2. The fraction of sp³-hybridized carbons (Fsp3) is 0.167. The molecule has 0 saturated carbocycles. The molecule has 0 aliphatic carbocycles. The van der Waals surface area contributed by atoms with Crippen molar-refractivity contribution in [2.45, 2.75) is 38.5 Å². The summed E-state index contributed by atoms with van der Waals surface area (Å²) in [5, 5.41) is 0. The molecule has 4 aromatic carbocycles. The summed E-state index contributed by atoms with van der Waals surface area (Å²) >= 11 is 0. The van der Waals surface area contributed by atoms with E-state index in [1.165, 1.54) is 0 Å². The number of hydrogen-bond donors (Lipinski definition) is 0. The fourth-order valence-corrected chi connectivity index (χ4v) is 5.59. The van der Waals surface area contributed by atoms with Crippen LogP contribution in [-0.4, -0.2) is 22.8 Å². The predicted molar refractivity (Wildman–Crippen MR) is 163 cm³/mol. The molecule has 0 unspecified atom stereocenters. The molecule has 0 fully saturated rings. The van der Waals surface area contributed by atoms with Crippen molar-refractivity contribution in [3.8, 4) is 11.1 Å². The van der Waals surface area contributed by atoms with Gasteiger partial charge in [-0.3, -0.25) is 0 Å². The average molecular weight is 712 g/mol. The van der Waals surface area contributed by atoms with Crippen LogP contribution in [0.4, 0.5) is 0 Å². The smallest absolute Gasteiger partial charge is 0.227 e. The van der Waals surface area contributed by atoms with Gasteiger partial charge in [-0.1, -0.05) is 88.4 Å². The van der Waals surface area contributed by atoms with Crippen LogP contribution in [0.2, 0.25) is 0 Å². The van der Waals surface area contributed by atoms with Crippen molar-refractivity contribution in [1.29, 1.82) is 0 Å². The first-order valence-corrected chi connectivity index (χ1v) is 13.6. The maximum absolute atomic E-state index is 5.17.